The van der Waals surface area contributed by atoms with Crippen molar-refractivity contribution in [2.24, 2.45) is 4.99 Å². The van der Waals surface area contributed by atoms with Crippen LogP contribution in [0.25, 0.3) is 0 Å². The van der Waals surface area contributed by atoms with E-state index in [1.54, 1.807) is 0 Å². The maximum atomic E-state index is 5.31. The molecule has 0 amide bonds. The Morgan fingerprint density at radius 3 is 1.84 bits per heavy atom. The van der Waals surface area contributed by atoms with Crippen molar-refractivity contribution in [3.63, 3.8) is 0 Å². The molecule has 130 valence electrons. The van der Waals surface area contributed by atoms with Gasteiger partial charge in [0.15, 0.2) is 5.84 Å². The first kappa shape index (κ1) is 16.5. The first-order chi connectivity index (χ1) is 12.2. The summed E-state index contributed by atoms with van der Waals surface area (Å²) < 4.78 is 0.994. The van der Waals surface area contributed by atoms with Crippen molar-refractivity contribution >= 4 is 5.84 Å². The number of rotatable bonds is 4. The molecule has 1 saturated carbocycles. The second-order valence-corrected chi connectivity index (χ2v) is 8.03. The van der Waals surface area contributed by atoms with Crippen molar-refractivity contribution in [3.05, 3.63) is 71.8 Å². The molecule has 0 N–H and O–H groups in total. The quantitative estimate of drug-likeness (QED) is 0.670. The Morgan fingerprint density at radius 2 is 1.32 bits per heavy atom. The van der Waals surface area contributed by atoms with Crippen LogP contribution >= 0.6 is 0 Å². The van der Waals surface area contributed by atoms with Crippen molar-refractivity contribution in [1.29, 1.82) is 0 Å². The smallest absolute Gasteiger partial charge is 0.196 e. The van der Waals surface area contributed by atoms with Crippen LogP contribution < -0.4 is 0 Å². The highest BCUT2D eigenvalue weighted by Crippen LogP contribution is 2.41. The van der Waals surface area contributed by atoms with Crippen molar-refractivity contribution in [1.82, 2.24) is 0 Å². The summed E-state index contributed by atoms with van der Waals surface area (Å²) in [5.41, 5.74) is 3.04. The Morgan fingerprint density at radius 1 is 0.800 bits per heavy atom. The summed E-state index contributed by atoms with van der Waals surface area (Å²) in [6, 6.07) is 21.9. The van der Waals surface area contributed by atoms with Crippen molar-refractivity contribution < 1.29 is 4.48 Å². The number of amidine groups is 1. The highest BCUT2D eigenvalue weighted by Gasteiger charge is 2.49. The second-order valence-electron chi connectivity index (χ2n) is 8.03. The van der Waals surface area contributed by atoms with E-state index in [2.05, 4.69) is 67.6 Å². The van der Waals surface area contributed by atoms with E-state index in [1.807, 2.05) is 0 Å². The second kappa shape index (κ2) is 6.76. The topological polar surface area (TPSA) is 12.4 Å². The zero-order chi connectivity index (χ0) is 17.2. The van der Waals surface area contributed by atoms with Gasteiger partial charge in [0.25, 0.3) is 0 Å². The van der Waals surface area contributed by atoms with Crippen molar-refractivity contribution in [2.75, 3.05) is 6.54 Å². The van der Waals surface area contributed by atoms with Gasteiger partial charge in [-0.05, 0) is 12.8 Å². The first-order valence-corrected chi connectivity index (χ1v) is 9.71. The molecular formula is C23H29N2+. The van der Waals surface area contributed by atoms with E-state index in [-0.39, 0.29) is 5.54 Å². The van der Waals surface area contributed by atoms with Crippen molar-refractivity contribution in [2.45, 2.75) is 57.7 Å². The van der Waals surface area contributed by atoms with Gasteiger partial charge in [0.05, 0.1) is 0 Å². The largest absolute Gasteiger partial charge is 0.269 e. The predicted octanol–water partition coefficient (Wildman–Crippen LogP) is 5.34. The van der Waals surface area contributed by atoms with Crippen LogP contribution in [0.15, 0.2) is 65.7 Å². The van der Waals surface area contributed by atoms with Gasteiger partial charge < -0.3 is 0 Å². The number of quaternary nitrogens is 1. The van der Waals surface area contributed by atoms with Gasteiger partial charge in [-0.1, -0.05) is 79.9 Å². The summed E-state index contributed by atoms with van der Waals surface area (Å²) in [5.74, 6) is 1.33. The van der Waals surface area contributed by atoms with Gasteiger partial charge in [-0.2, -0.15) is 0 Å². The minimum Gasteiger partial charge on any atom is -0.269 e. The Hall–Kier alpha value is -1.93. The van der Waals surface area contributed by atoms with E-state index in [0.29, 0.717) is 0 Å². The van der Waals surface area contributed by atoms with Gasteiger partial charge in [-0.15, -0.1) is 0 Å². The molecular weight excluding hydrogens is 304 g/mol. The standard InChI is InChI=1S/C23H29N2/c1-20-24-23(15-9-4-10-16-23)19-25(20,17-21-11-5-2-6-12-21)18-22-13-7-3-8-14-22/h2-3,5-8,11-14H,4,9-10,15-19H2,1H3/q+1. The molecule has 1 fully saturated rings. The Kier molecular flexibility index (Phi) is 4.47. The van der Waals surface area contributed by atoms with Gasteiger partial charge in [0.1, 0.15) is 25.2 Å². The highest BCUT2D eigenvalue weighted by atomic mass is 15.4. The predicted molar refractivity (Wildman–Crippen MR) is 104 cm³/mol. The minimum atomic E-state index is 0.200. The normalized spacial score (nSPS) is 21.2. The van der Waals surface area contributed by atoms with Crippen LogP contribution in [-0.4, -0.2) is 22.4 Å². The summed E-state index contributed by atoms with van der Waals surface area (Å²) in [5, 5.41) is 0. The zero-order valence-corrected chi connectivity index (χ0v) is 15.3. The lowest BCUT2D eigenvalue weighted by atomic mass is 9.82. The fraction of sp³-hybridized carbons (Fsp3) is 0.435. The van der Waals surface area contributed by atoms with Crippen LogP contribution in [0.3, 0.4) is 0 Å². The molecule has 0 bridgehead atoms. The van der Waals surface area contributed by atoms with Crippen LogP contribution in [0.2, 0.25) is 0 Å². The highest BCUT2D eigenvalue weighted by molar-refractivity contribution is 5.75. The zero-order valence-electron chi connectivity index (χ0n) is 15.3. The number of aliphatic imine (C=N–C) groups is 1. The van der Waals surface area contributed by atoms with Crippen LogP contribution in [0.5, 0.6) is 0 Å². The third kappa shape index (κ3) is 3.41. The third-order valence-electron chi connectivity index (χ3n) is 6.12. The molecule has 1 aliphatic heterocycles. The summed E-state index contributed by atoms with van der Waals surface area (Å²) in [6.45, 7) is 5.54. The molecule has 2 nitrogen and oxygen atoms in total. The maximum Gasteiger partial charge on any atom is 0.196 e. The summed E-state index contributed by atoms with van der Waals surface area (Å²) >= 11 is 0. The Bertz CT molecular complexity index is 686. The van der Waals surface area contributed by atoms with Crippen LogP contribution in [0.4, 0.5) is 0 Å². The monoisotopic (exact) mass is 333 g/mol. The Labute approximate surface area is 151 Å². The number of hydrogen-bond acceptors (Lipinski definition) is 1. The van der Waals surface area contributed by atoms with Gasteiger partial charge in [0.2, 0.25) is 0 Å². The number of benzene rings is 2. The summed E-state index contributed by atoms with van der Waals surface area (Å²) in [4.78, 5) is 5.31. The van der Waals surface area contributed by atoms with Gasteiger partial charge >= 0.3 is 0 Å². The SMILES string of the molecule is CC1=NC2(CCCCC2)C[N+]1(Cc1ccccc1)Cc1ccccc1. The third-order valence-corrected chi connectivity index (χ3v) is 6.12. The van der Waals surface area contributed by atoms with E-state index in [1.165, 1.54) is 55.6 Å². The van der Waals surface area contributed by atoms with E-state index in [0.717, 1.165) is 17.6 Å². The molecule has 0 radical (unpaired) electrons. The molecule has 2 heteroatoms. The van der Waals surface area contributed by atoms with Crippen molar-refractivity contribution in [3.8, 4) is 0 Å². The lowest BCUT2D eigenvalue weighted by Gasteiger charge is -2.38. The Balaban J connectivity index is 1.68. The average molecular weight is 333 g/mol. The molecule has 2 aliphatic rings. The molecule has 0 atom stereocenters. The molecule has 2 aromatic carbocycles. The van der Waals surface area contributed by atoms with Gasteiger partial charge in [-0.3, -0.25) is 4.48 Å². The molecule has 25 heavy (non-hydrogen) atoms. The van der Waals surface area contributed by atoms with E-state index in [4.69, 9.17) is 4.99 Å². The van der Waals surface area contributed by atoms with Crippen LogP contribution in [0, 0.1) is 0 Å². The lowest BCUT2D eigenvalue weighted by Crippen LogP contribution is -2.52. The van der Waals surface area contributed by atoms with Gasteiger partial charge in [0, 0.05) is 18.1 Å². The molecule has 1 heterocycles. The first-order valence-electron chi connectivity index (χ1n) is 9.71. The minimum absolute atomic E-state index is 0.200. The van der Waals surface area contributed by atoms with Crippen LogP contribution in [0.1, 0.15) is 50.2 Å². The van der Waals surface area contributed by atoms with E-state index in [9.17, 15) is 0 Å². The molecule has 1 spiro atoms. The van der Waals surface area contributed by atoms with E-state index >= 15 is 0 Å². The molecule has 0 unspecified atom stereocenters. The molecule has 0 aromatic heterocycles. The average Bonchev–Trinajstić information content (AvgIpc) is 2.88. The lowest BCUT2D eigenvalue weighted by molar-refractivity contribution is -0.867. The fourth-order valence-electron chi connectivity index (χ4n) is 4.90. The van der Waals surface area contributed by atoms with E-state index < -0.39 is 0 Å². The van der Waals surface area contributed by atoms with Gasteiger partial charge in [-0.25, -0.2) is 4.99 Å². The maximum absolute atomic E-state index is 5.31. The molecule has 0 saturated heterocycles. The molecule has 1 aliphatic carbocycles. The summed E-state index contributed by atoms with van der Waals surface area (Å²) in [6.07, 6.45) is 6.61. The number of nitrogens with zero attached hydrogens (tertiary/aromatic N) is 2. The fourth-order valence-corrected chi connectivity index (χ4v) is 4.90. The molecule has 4 rings (SSSR count). The van der Waals surface area contributed by atoms with Crippen LogP contribution in [-0.2, 0) is 13.1 Å². The summed E-state index contributed by atoms with van der Waals surface area (Å²) in [7, 11) is 0. The molecule has 2 aromatic rings. The number of hydrogen-bond donors (Lipinski definition) is 0.